The maximum absolute atomic E-state index is 5.87. The maximum atomic E-state index is 5.87. The number of rotatable bonds is 3. The normalized spacial score (nSPS) is 34.4. The van der Waals surface area contributed by atoms with Crippen LogP contribution >= 0.6 is 63.0 Å². The number of hydrogen-bond acceptors (Lipinski definition) is 6. The van der Waals surface area contributed by atoms with Crippen LogP contribution in [0, 0.1) is 0 Å². The van der Waals surface area contributed by atoms with Crippen molar-refractivity contribution >= 4 is 82.1 Å². The first kappa shape index (κ1) is 14.6. The summed E-state index contributed by atoms with van der Waals surface area (Å²) in [6, 6.07) is 0. The second-order valence-electron chi connectivity index (χ2n) is 3.57. The lowest BCUT2D eigenvalue weighted by Crippen LogP contribution is -2.30. The van der Waals surface area contributed by atoms with Crippen molar-refractivity contribution in [3.63, 3.8) is 0 Å². The minimum absolute atomic E-state index is 0.0744. The summed E-state index contributed by atoms with van der Waals surface area (Å²) in [6.45, 7) is 2.07. The molecular weight excluding hydrogens is 376 g/mol. The highest BCUT2D eigenvalue weighted by atomic mass is 79.9. The molecule has 4 N–H and O–H groups in total. The molecule has 2 heterocycles. The van der Waals surface area contributed by atoms with Crippen LogP contribution in [-0.2, 0) is 0 Å². The van der Waals surface area contributed by atoms with E-state index in [9.17, 15) is 0 Å². The molecule has 4 unspecified atom stereocenters. The van der Waals surface area contributed by atoms with Gasteiger partial charge in [-0.2, -0.15) is 0 Å². The van der Waals surface area contributed by atoms with E-state index in [-0.39, 0.29) is 9.41 Å². The van der Waals surface area contributed by atoms with E-state index >= 15 is 0 Å². The van der Waals surface area contributed by atoms with E-state index in [1.807, 2.05) is 0 Å². The molecule has 0 fully saturated rings. The van der Waals surface area contributed by atoms with Gasteiger partial charge in [0.15, 0.2) is 10.3 Å². The van der Waals surface area contributed by atoms with Gasteiger partial charge in [0.2, 0.25) is 0 Å². The molecule has 0 aromatic heterocycles. The van der Waals surface area contributed by atoms with Gasteiger partial charge in [-0.1, -0.05) is 22.9 Å². The first-order valence-electron chi connectivity index (χ1n) is 4.86. The summed E-state index contributed by atoms with van der Waals surface area (Å²) in [6.07, 6.45) is 0. The summed E-state index contributed by atoms with van der Waals surface area (Å²) in [7, 11) is -1.66. The van der Waals surface area contributed by atoms with Gasteiger partial charge in [-0.15, -0.1) is 67.5 Å². The third-order valence-electron chi connectivity index (χ3n) is 2.46. The van der Waals surface area contributed by atoms with E-state index in [2.05, 4.69) is 68.5 Å². The average Bonchev–Trinajstić information content (AvgIpc) is 2.81. The fourth-order valence-electron chi connectivity index (χ4n) is 1.56. The molecule has 6 nitrogen and oxygen atoms in total. The topological polar surface area (TPSA) is 101 Å². The van der Waals surface area contributed by atoms with Gasteiger partial charge in [-0.25, -0.2) is 0 Å². The molecule has 0 aliphatic carbocycles. The fourth-order valence-corrected chi connectivity index (χ4v) is 9.28. The van der Waals surface area contributed by atoms with Crippen LogP contribution in [0.2, 0.25) is 0 Å². The minimum Gasteiger partial charge on any atom is -0.378 e. The summed E-state index contributed by atoms with van der Waals surface area (Å²) in [5.41, 5.74) is 11.7. The molecule has 0 aromatic carbocycles. The number of amidine groups is 2. The Morgan fingerprint density at radius 2 is 1.44 bits per heavy atom. The van der Waals surface area contributed by atoms with Crippen molar-refractivity contribution in [2.75, 3.05) is 0 Å². The van der Waals surface area contributed by atoms with Gasteiger partial charge in [0.05, 0.1) is 4.16 Å². The summed E-state index contributed by atoms with van der Waals surface area (Å²) in [5.74, 6) is 0. The maximum Gasteiger partial charge on any atom is 0.167 e. The Bertz CT molecular complexity index is 408. The van der Waals surface area contributed by atoms with Gasteiger partial charge >= 0.3 is 0 Å². The Hall–Kier alpha value is 0.160. The largest absolute Gasteiger partial charge is 0.378 e. The first-order valence-corrected chi connectivity index (χ1v) is 9.49. The number of nitrogens with zero attached hydrogens (tertiary/aromatic N) is 4. The van der Waals surface area contributed by atoms with Gasteiger partial charge < -0.3 is 11.5 Å². The van der Waals surface area contributed by atoms with Crippen molar-refractivity contribution in [3.8, 4) is 0 Å². The second kappa shape index (κ2) is 5.65. The van der Waals surface area contributed by atoms with Crippen LogP contribution in [0.5, 0.6) is 0 Å². The highest BCUT2D eigenvalue weighted by molar-refractivity contribution is 9.12. The van der Waals surface area contributed by atoms with Gasteiger partial charge in [-0.3, -0.25) is 0 Å². The summed E-state index contributed by atoms with van der Waals surface area (Å²) in [5, 5.41) is 16.8. The zero-order valence-corrected chi connectivity index (χ0v) is 14.4. The predicted molar refractivity (Wildman–Crippen MR) is 96.2 cm³/mol. The lowest BCUT2D eigenvalue weighted by atomic mass is 10.6. The molecule has 0 bridgehead atoms. The van der Waals surface area contributed by atoms with Crippen LogP contribution in [0.1, 0.15) is 6.92 Å². The van der Waals surface area contributed by atoms with Crippen molar-refractivity contribution in [2.45, 2.75) is 16.3 Å². The Morgan fingerprint density at radius 3 is 1.83 bits per heavy atom. The molecule has 0 saturated heterocycles. The number of alkyl halides is 1. The third-order valence-corrected chi connectivity index (χ3v) is 10.9. The highest BCUT2D eigenvalue weighted by Gasteiger charge is 2.36. The molecular formula is C7H13BrN6S4. The molecule has 2 aliphatic heterocycles. The molecule has 0 aromatic rings. The summed E-state index contributed by atoms with van der Waals surface area (Å²) < 4.78 is 1.42. The Labute approximate surface area is 129 Å². The van der Waals surface area contributed by atoms with E-state index in [4.69, 9.17) is 11.5 Å². The van der Waals surface area contributed by atoms with Crippen LogP contribution < -0.4 is 11.5 Å². The van der Waals surface area contributed by atoms with E-state index in [1.165, 1.54) is 0 Å². The van der Waals surface area contributed by atoms with Gasteiger partial charge in [0, 0.05) is 5.25 Å². The quantitative estimate of drug-likeness (QED) is 0.322. The molecule has 11 heteroatoms. The van der Waals surface area contributed by atoms with Crippen LogP contribution in [0.15, 0.2) is 20.4 Å². The van der Waals surface area contributed by atoms with Crippen LogP contribution in [-0.4, -0.2) is 28.5 Å². The van der Waals surface area contributed by atoms with E-state index < -0.39 is 21.8 Å². The van der Waals surface area contributed by atoms with E-state index in [0.29, 0.717) is 19.1 Å². The van der Waals surface area contributed by atoms with Crippen molar-refractivity contribution in [1.29, 1.82) is 0 Å². The molecule has 0 saturated carbocycles. The zero-order chi connectivity index (χ0) is 13.4. The van der Waals surface area contributed by atoms with Crippen LogP contribution in [0.4, 0.5) is 0 Å². The molecule has 0 radical (unpaired) electrons. The van der Waals surface area contributed by atoms with Crippen molar-refractivity contribution in [3.05, 3.63) is 0 Å². The number of nitrogens with two attached hydrogens (primary N) is 2. The monoisotopic (exact) mass is 388 g/mol. The number of thiol groups is 4. The van der Waals surface area contributed by atoms with Crippen LogP contribution in [0.25, 0.3) is 0 Å². The molecule has 0 amide bonds. The SMILES string of the molecule is CC(C(Br)[SH]1C(N)=NN=C1S)[SH]1C(N)=NN=C1S. The standard InChI is InChI=1S/C7H13BrN6S4/c1-2(17-4(9)11-13-6(17)15)3(8)18-5(10)12-14-7(18)16/h2-3,17-18H,1H3,(H2,9,11)(H2,10,12)(H,13,15)(H,14,16). The zero-order valence-electron chi connectivity index (χ0n) is 9.27. The first-order chi connectivity index (χ1) is 8.43. The number of hydrogen-bond donors (Lipinski definition) is 6. The molecule has 2 rings (SSSR count). The van der Waals surface area contributed by atoms with Gasteiger partial charge in [-0.05, 0) is 0 Å². The van der Waals surface area contributed by atoms with Crippen molar-refractivity contribution < 1.29 is 0 Å². The van der Waals surface area contributed by atoms with Crippen LogP contribution in [0.3, 0.4) is 0 Å². The molecule has 0 spiro atoms. The smallest absolute Gasteiger partial charge is 0.167 e. The van der Waals surface area contributed by atoms with E-state index in [0.717, 1.165) is 0 Å². The minimum atomic E-state index is -0.847. The summed E-state index contributed by atoms with van der Waals surface area (Å²) >= 11 is 12.3. The predicted octanol–water partition coefficient (Wildman–Crippen LogP) is 1.16. The lowest BCUT2D eigenvalue weighted by Gasteiger charge is -2.32. The highest BCUT2D eigenvalue weighted by Crippen LogP contribution is 2.51. The second-order valence-corrected chi connectivity index (χ2v) is 11.4. The fraction of sp³-hybridized carbons (Fsp3) is 0.429. The van der Waals surface area contributed by atoms with Crippen molar-refractivity contribution in [2.24, 2.45) is 31.9 Å². The number of halogens is 1. The lowest BCUT2D eigenvalue weighted by molar-refractivity contribution is 1.10. The Kier molecular flexibility index (Phi) is 4.57. The third kappa shape index (κ3) is 2.55. The van der Waals surface area contributed by atoms with E-state index in [1.54, 1.807) is 0 Å². The molecule has 4 atom stereocenters. The summed E-state index contributed by atoms with van der Waals surface area (Å²) in [4.78, 5) is 0. The Balaban J connectivity index is 2.17. The average molecular weight is 389 g/mol. The van der Waals surface area contributed by atoms with Crippen molar-refractivity contribution in [1.82, 2.24) is 0 Å². The molecule has 102 valence electrons. The van der Waals surface area contributed by atoms with Gasteiger partial charge in [0.1, 0.15) is 8.75 Å². The Morgan fingerprint density at radius 1 is 1.00 bits per heavy atom. The van der Waals surface area contributed by atoms with Gasteiger partial charge in [0.25, 0.3) is 0 Å². The molecule has 2 aliphatic rings. The molecule has 18 heavy (non-hydrogen) atoms.